The highest BCUT2D eigenvalue weighted by Crippen LogP contribution is 2.16. The van der Waals surface area contributed by atoms with Crippen molar-refractivity contribution in [2.45, 2.75) is 18.2 Å². The lowest BCUT2D eigenvalue weighted by Gasteiger charge is -2.05. The summed E-state index contributed by atoms with van der Waals surface area (Å²) in [6, 6.07) is 5.18. The van der Waals surface area contributed by atoms with E-state index in [-0.39, 0.29) is 12.2 Å². The lowest BCUT2D eigenvalue weighted by atomic mass is 10.2. The van der Waals surface area contributed by atoms with Crippen LogP contribution in [0.5, 0.6) is 0 Å². The largest absolute Gasteiger partial charge is 0.399 e. The Labute approximate surface area is 91.1 Å². The van der Waals surface area contributed by atoms with Gasteiger partial charge in [0, 0.05) is 22.8 Å². The molecule has 82 valence electrons. The Hall–Kier alpha value is -1.36. The zero-order valence-corrected chi connectivity index (χ0v) is 9.34. The molecule has 0 heterocycles. The number of carbonyl (C=O) groups excluding carboxylic acids is 1. The molecule has 1 atom stereocenters. The van der Waals surface area contributed by atoms with Crippen molar-refractivity contribution >= 4 is 22.4 Å². The maximum Gasteiger partial charge on any atom is 0.218 e. The van der Waals surface area contributed by atoms with Gasteiger partial charge in [-0.05, 0) is 30.7 Å². The molecule has 4 nitrogen and oxygen atoms in total. The fraction of sp³-hybridized carbons (Fsp3) is 0.300. The smallest absolute Gasteiger partial charge is 0.218 e. The Kier molecular flexibility index (Phi) is 3.85. The van der Waals surface area contributed by atoms with E-state index >= 15 is 0 Å². The van der Waals surface area contributed by atoms with Gasteiger partial charge in [-0.1, -0.05) is 0 Å². The maximum absolute atomic E-state index is 11.7. The Morgan fingerprint density at radius 1 is 1.47 bits per heavy atom. The van der Waals surface area contributed by atoms with E-state index in [1.54, 1.807) is 18.2 Å². The van der Waals surface area contributed by atoms with E-state index in [0.717, 1.165) is 5.56 Å². The fourth-order valence-corrected chi connectivity index (χ4v) is 2.48. The predicted octanol–water partition coefficient (Wildman–Crippen LogP) is 0.560. The summed E-state index contributed by atoms with van der Waals surface area (Å²) in [4.78, 5) is 11.3. The fourth-order valence-electron chi connectivity index (χ4n) is 1.23. The van der Waals surface area contributed by atoms with Gasteiger partial charge in [0.15, 0.2) is 0 Å². The normalized spacial score (nSPS) is 12.3. The van der Waals surface area contributed by atoms with E-state index in [1.807, 2.05) is 6.92 Å². The van der Waals surface area contributed by atoms with Gasteiger partial charge in [-0.25, -0.2) is 0 Å². The lowest BCUT2D eigenvalue weighted by Crippen LogP contribution is -2.14. The molecule has 0 saturated carbocycles. The summed E-state index contributed by atoms with van der Waals surface area (Å²) in [6.07, 6.45) is 0.135. The molecule has 0 spiro atoms. The van der Waals surface area contributed by atoms with Crippen molar-refractivity contribution in [2.24, 2.45) is 5.73 Å². The number of aryl methyl sites for hydroxylation is 1. The van der Waals surface area contributed by atoms with Crippen LogP contribution in [0.25, 0.3) is 0 Å². The van der Waals surface area contributed by atoms with E-state index in [1.165, 1.54) is 0 Å². The van der Waals surface area contributed by atoms with Crippen LogP contribution in [0.3, 0.4) is 0 Å². The molecule has 1 aromatic rings. The predicted molar refractivity (Wildman–Crippen MR) is 60.7 cm³/mol. The molecule has 0 bridgehead atoms. The number of nitrogens with two attached hydrogens (primary N) is 2. The van der Waals surface area contributed by atoms with Crippen molar-refractivity contribution in [3.05, 3.63) is 23.8 Å². The number of benzene rings is 1. The number of hydrogen-bond donors (Lipinski definition) is 2. The van der Waals surface area contributed by atoms with Gasteiger partial charge >= 0.3 is 0 Å². The third kappa shape index (κ3) is 3.36. The molecule has 1 aromatic carbocycles. The van der Waals surface area contributed by atoms with Crippen LogP contribution in [-0.2, 0) is 15.6 Å². The number of hydrogen-bond acceptors (Lipinski definition) is 3. The van der Waals surface area contributed by atoms with Crippen molar-refractivity contribution in [1.82, 2.24) is 0 Å². The molecule has 0 fully saturated rings. The van der Waals surface area contributed by atoms with Crippen LogP contribution >= 0.6 is 0 Å². The van der Waals surface area contributed by atoms with Gasteiger partial charge in [0.25, 0.3) is 0 Å². The topological polar surface area (TPSA) is 86.2 Å². The zero-order chi connectivity index (χ0) is 11.4. The minimum absolute atomic E-state index is 0.135. The standard InChI is InChI=1S/C10H14N2O2S/c1-7-6-8(11)2-3-9(7)15(14)5-4-10(12)13/h2-3,6H,4-5,11H2,1H3,(H2,12,13). The maximum atomic E-state index is 11.7. The van der Waals surface area contributed by atoms with Gasteiger partial charge in [0.1, 0.15) is 0 Å². The van der Waals surface area contributed by atoms with E-state index in [2.05, 4.69) is 0 Å². The van der Waals surface area contributed by atoms with Crippen LogP contribution in [0.1, 0.15) is 12.0 Å². The third-order valence-corrected chi connectivity index (χ3v) is 3.50. The van der Waals surface area contributed by atoms with E-state index in [9.17, 15) is 9.00 Å². The Bertz CT molecular complexity index is 404. The molecular formula is C10H14N2O2S. The van der Waals surface area contributed by atoms with Crippen LogP contribution in [-0.4, -0.2) is 15.9 Å². The SMILES string of the molecule is Cc1cc(N)ccc1S(=O)CCC(N)=O. The number of anilines is 1. The number of rotatable bonds is 4. The second kappa shape index (κ2) is 4.93. The molecule has 0 aliphatic rings. The average Bonchev–Trinajstić information content (AvgIpc) is 2.14. The van der Waals surface area contributed by atoms with Crippen molar-refractivity contribution in [2.75, 3.05) is 11.5 Å². The molecule has 1 amide bonds. The molecular weight excluding hydrogens is 212 g/mol. The van der Waals surface area contributed by atoms with Crippen LogP contribution in [0.4, 0.5) is 5.69 Å². The Morgan fingerprint density at radius 3 is 2.67 bits per heavy atom. The molecule has 0 aromatic heterocycles. The summed E-state index contributed by atoms with van der Waals surface area (Å²) in [5, 5.41) is 0. The van der Waals surface area contributed by atoms with Gasteiger partial charge in [0.05, 0.1) is 10.8 Å². The number of nitrogen functional groups attached to an aromatic ring is 1. The first-order chi connectivity index (χ1) is 7.00. The summed E-state index contributed by atoms with van der Waals surface area (Å²) in [5.74, 6) is -0.170. The lowest BCUT2D eigenvalue weighted by molar-refractivity contribution is -0.117. The summed E-state index contributed by atoms with van der Waals surface area (Å²) in [6.45, 7) is 1.84. The van der Waals surface area contributed by atoms with Crippen LogP contribution in [0.2, 0.25) is 0 Å². The quantitative estimate of drug-likeness (QED) is 0.735. The number of amides is 1. The number of primary amides is 1. The van der Waals surface area contributed by atoms with Crippen molar-refractivity contribution in [1.29, 1.82) is 0 Å². The molecule has 0 saturated heterocycles. The van der Waals surface area contributed by atoms with Crippen LogP contribution < -0.4 is 11.5 Å². The Balaban J connectivity index is 2.78. The van der Waals surface area contributed by atoms with Crippen molar-refractivity contribution < 1.29 is 9.00 Å². The zero-order valence-electron chi connectivity index (χ0n) is 8.53. The summed E-state index contributed by atoms with van der Waals surface area (Å²) in [5.41, 5.74) is 12.1. The van der Waals surface area contributed by atoms with Gasteiger partial charge in [-0.2, -0.15) is 0 Å². The molecule has 1 rings (SSSR count). The number of carbonyl (C=O) groups is 1. The van der Waals surface area contributed by atoms with Gasteiger partial charge in [-0.3, -0.25) is 9.00 Å². The monoisotopic (exact) mass is 226 g/mol. The highest BCUT2D eigenvalue weighted by atomic mass is 32.2. The molecule has 4 N–H and O–H groups in total. The molecule has 15 heavy (non-hydrogen) atoms. The van der Waals surface area contributed by atoms with E-state index in [4.69, 9.17) is 11.5 Å². The highest BCUT2D eigenvalue weighted by molar-refractivity contribution is 7.85. The van der Waals surface area contributed by atoms with Crippen LogP contribution in [0, 0.1) is 6.92 Å². The molecule has 5 heteroatoms. The first-order valence-electron chi connectivity index (χ1n) is 4.53. The second-order valence-corrected chi connectivity index (χ2v) is 4.83. The van der Waals surface area contributed by atoms with Gasteiger partial charge in [-0.15, -0.1) is 0 Å². The molecule has 1 unspecified atom stereocenters. The van der Waals surface area contributed by atoms with Gasteiger partial charge in [0.2, 0.25) is 5.91 Å². The minimum Gasteiger partial charge on any atom is -0.399 e. The minimum atomic E-state index is -1.18. The highest BCUT2D eigenvalue weighted by Gasteiger charge is 2.08. The molecule has 0 aliphatic carbocycles. The van der Waals surface area contributed by atoms with Crippen molar-refractivity contribution in [3.63, 3.8) is 0 Å². The van der Waals surface area contributed by atoms with Gasteiger partial charge < -0.3 is 11.5 Å². The first-order valence-corrected chi connectivity index (χ1v) is 5.85. The molecule has 0 aliphatic heterocycles. The molecule has 0 radical (unpaired) electrons. The summed E-state index contributed by atoms with van der Waals surface area (Å²) < 4.78 is 11.7. The first kappa shape index (κ1) is 11.7. The average molecular weight is 226 g/mol. The summed E-state index contributed by atoms with van der Waals surface area (Å²) in [7, 11) is -1.18. The van der Waals surface area contributed by atoms with Crippen molar-refractivity contribution in [3.8, 4) is 0 Å². The Morgan fingerprint density at radius 2 is 2.13 bits per heavy atom. The second-order valence-electron chi connectivity index (χ2n) is 3.29. The van der Waals surface area contributed by atoms with E-state index in [0.29, 0.717) is 10.6 Å². The van der Waals surface area contributed by atoms with E-state index < -0.39 is 16.7 Å². The third-order valence-electron chi connectivity index (χ3n) is 1.98. The van der Waals surface area contributed by atoms with Crippen LogP contribution in [0.15, 0.2) is 23.1 Å². The summed E-state index contributed by atoms with van der Waals surface area (Å²) >= 11 is 0.